The maximum Gasteiger partial charge on any atom is 0.413 e. The van der Waals surface area contributed by atoms with Crippen molar-refractivity contribution < 1.29 is 38.5 Å². The molecule has 1 unspecified atom stereocenters. The summed E-state index contributed by atoms with van der Waals surface area (Å²) in [5, 5.41) is 11.2. The third-order valence-corrected chi connectivity index (χ3v) is 3.25. The first-order valence-corrected chi connectivity index (χ1v) is 8.86. The van der Waals surface area contributed by atoms with Gasteiger partial charge in [-0.2, -0.15) is 0 Å². The molecule has 2 amide bonds. The van der Waals surface area contributed by atoms with Gasteiger partial charge in [0.05, 0.1) is 12.3 Å². The molecular weight excluding hydrogens is 384 g/mol. The minimum absolute atomic E-state index is 0.00542. The lowest BCUT2D eigenvalue weighted by atomic mass is 10.1. The molecule has 0 fully saturated rings. The largest absolute Gasteiger partial charge is 0.465 e. The quantitative estimate of drug-likeness (QED) is 0.398. The van der Waals surface area contributed by atoms with Gasteiger partial charge < -0.3 is 19.3 Å². The second kappa shape index (κ2) is 10.3. The third-order valence-electron chi connectivity index (χ3n) is 3.25. The number of hydrogen-bond acceptors (Lipinski definition) is 7. The Bertz CT molecular complexity index is 757. The summed E-state index contributed by atoms with van der Waals surface area (Å²) in [7, 11) is 0. The summed E-state index contributed by atoms with van der Waals surface area (Å²) in [6.07, 6.45) is -3.72. The molecule has 0 aliphatic rings. The average molecular weight is 410 g/mol. The van der Waals surface area contributed by atoms with E-state index in [1.807, 2.05) is 0 Å². The van der Waals surface area contributed by atoms with Crippen LogP contribution in [0.5, 0.6) is 0 Å². The zero-order chi connectivity index (χ0) is 22.2. The molecule has 0 heterocycles. The van der Waals surface area contributed by atoms with E-state index >= 15 is 0 Å². The molecule has 0 saturated heterocycles. The fourth-order valence-corrected chi connectivity index (χ4v) is 2.36. The Balaban J connectivity index is 3.39. The lowest BCUT2D eigenvalue weighted by Gasteiger charge is -2.31. The summed E-state index contributed by atoms with van der Waals surface area (Å²) in [6.45, 7) is 7.10. The molecule has 2 N–H and O–H groups in total. The fourth-order valence-electron chi connectivity index (χ4n) is 2.36. The fraction of sp³-hybridized carbons (Fsp3) is 0.474. The Kier molecular flexibility index (Phi) is 8.43. The second-order valence-electron chi connectivity index (χ2n) is 6.89. The molecule has 1 rings (SSSR count). The molecular formula is C19H26N2O8. The minimum atomic E-state index is -1.43. The van der Waals surface area contributed by atoms with E-state index in [1.54, 1.807) is 39.8 Å². The van der Waals surface area contributed by atoms with Crippen LogP contribution in [0.3, 0.4) is 0 Å². The van der Waals surface area contributed by atoms with Crippen molar-refractivity contribution in [1.29, 1.82) is 0 Å². The molecule has 10 heteroatoms. The van der Waals surface area contributed by atoms with Crippen molar-refractivity contribution in [2.75, 3.05) is 18.5 Å². The van der Waals surface area contributed by atoms with Crippen LogP contribution in [-0.2, 0) is 23.8 Å². The van der Waals surface area contributed by atoms with Crippen molar-refractivity contribution in [2.24, 2.45) is 0 Å². The number of amides is 2. The van der Waals surface area contributed by atoms with Gasteiger partial charge in [0.15, 0.2) is 0 Å². The number of rotatable bonds is 7. The van der Waals surface area contributed by atoms with Crippen LogP contribution in [0.4, 0.5) is 15.3 Å². The highest BCUT2D eigenvalue weighted by Gasteiger charge is 2.34. The Morgan fingerprint density at radius 1 is 1.17 bits per heavy atom. The van der Waals surface area contributed by atoms with E-state index in [4.69, 9.17) is 19.3 Å². The molecule has 0 spiro atoms. The SMILES string of the molecule is CCOC(=O)N(CC(=O)OC(C)(C)C)C(OC(C)=O)c1ccccc1NC(=O)O. The van der Waals surface area contributed by atoms with Crippen LogP contribution in [-0.4, -0.2) is 52.9 Å². The number of benzene rings is 1. The summed E-state index contributed by atoms with van der Waals surface area (Å²) in [5.41, 5.74) is -0.594. The normalized spacial score (nSPS) is 11.8. The van der Waals surface area contributed by atoms with Gasteiger partial charge in [0.1, 0.15) is 12.1 Å². The van der Waals surface area contributed by atoms with Gasteiger partial charge in [-0.25, -0.2) is 9.59 Å². The van der Waals surface area contributed by atoms with Gasteiger partial charge >= 0.3 is 24.1 Å². The van der Waals surface area contributed by atoms with Crippen molar-refractivity contribution in [3.05, 3.63) is 29.8 Å². The van der Waals surface area contributed by atoms with Gasteiger partial charge in [-0.3, -0.25) is 19.8 Å². The highest BCUT2D eigenvalue weighted by Crippen LogP contribution is 2.30. The molecule has 0 aliphatic carbocycles. The van der Waals surface area contributed by atoms with E-state index in [1.165, 1.54) is 12.1 Å². The maximum atomic E-state index is 12.5. The summed E-state index contributed by atoms with van der Waals surface area (Å²) >= 11 is 0. The number of ether oxygens (including phenoxy) is 3. The molecule has 0 saturated carbocycles. The van der Waals surface area contributed by atoms with Gasteiger partial charge in [-0.15, -0.1) is 0 Å². The van der Waals surface area contributed by atoms with Crippen molar-refractivity contribution in [1.82, 2.24) is 4.90 Å². The lowest BCUT2D eigenvalue weighted by Crippen LogP contribution is -2.43. The molecule has 10 nitrogen and oxygen atoms in total. The predicted molar refractivity (Wildman–Crippen MR) is 102 cm³/mol. The number of carbonyl (C=O) groups excluding carboxylic acids is 3. The maximum absolute atomic E-state index is 12.5. The number of carbonyl (C=O) groups is 4. The highest BCUT2D eigenvalue weighted by atomic mass is 16.6. The molecule has 0 aliphatic heterocycles. The Hall–Kier alpha value is -3.30. The summed E-state index contributed by atoms with van der Waals surface area (Å²) in [5.74, 6) is -1.51. The van der Waals surface area contributed by atoms with E-state index in [2.05, 4.69) is 5.32 Å². The van der Waals surface area contributed by atoms with E-state index in [-0.39, 0.29) is 17.9 Å². The molecule has 1 atom stereocenters. The smallest absolute Gasteiger partial charge is 0.413 e. The van der Waals surface area contributed by atoms with Crippen molar-refractivity contribution in [3.63, 3.8) is 0 Å². The van der Waals surface area contributed by atoms with Crippen LogP contribution < -0.4 is 5.32 Å². The monoisotopic (exact) mass is 410 g/mol. The van der Waals surface area contributed by atoms with E-state index in [9.17, 15) is 19.2 Å². The number of anilines is 1. The number of nitrogens with zero attached hydrogens (tertiary/aromatic N) is 1. The Morgan fingerprint density at radius 2 is 1.79 bits per heavy atom. The number of esters is 2. The van der Waals surface area contributed by atoms with Crippen molar-refractivity contribution in [3.8, 4) is 0 Å². The van der Waals surface area contributed by atoms with Crippen molar-refractivity contribution in [2.45, 2.75) is 46.4 Å². The number of nitrogens with one attached hydrogen (secondary N) is 1. The van der Waals surface area contributed by atoms with Crippen LogP contribution in [0.15, 0.2) is 24.3 Å². The molecule has 0 aromatic heterocycles. The number of hydrogen-bond donors (Lipinski definition) is 2. The molecule has 0 radical (unpaired) electrons. The molecule has 1 aromatic carbocycles. The van der Waals surface area contributed by atoms with Crippen LogP contribution in [0.2, 0.25) is 0 Å². The molecule has 1 aromatic rings. The van der Waals surface area contributed by atoms with E-state index < -0.39 is 42.5 Å². The summed E-state index contributed by atoms with van der Waals surface area (Å²) < 4.78 is 15.5. The Labute approximate surface area is 168 Å². The van der Waals surface area contributed by atoms with E-state index in [0.717, 1.165) is 11.8 Å². The molecule has 29 heavy (non-hydrogen) atoms. The third kappa shape index (κ3) is 8.08. The van der Waals surface area contributed by atoms with Gasteiger partial charge in [-0.1, -0.05) is 18.2 Å². The van der Waals surface area contributed by atoms with Crippen LogP contribution in [0.25, 0.3) is 0 Å². The summed E-state index contributed by atoms with van der Waals surface area (Å²) in [4.78, 5) is 48.6. The first-order valence-electron chi connectivity index (χ1n) is 8.86. The van der Waals surface area contributed by atoms with E-state index in [0.29, 0.717) is 0 Å². The van der Waals surface area contributed by atoms with Gasteiger partial charge in [0, 0.05) is 12.5 Å². The number of carboxylic acid groups (broad SMARTS) is 1. The van der Waals surface area contributed by atoms with Crippen LogP contribution in [0, 0.1) is 0 Å². The van der Waals surface area contributed by atoms with Crippen molar-refractivity contribution >= 4 is 29.8 Å². The highest BCUT2D eigenvalue weighted by molar-refractivity contribution is 5.85. The zero-order valence-corrected chi connectivity index (χ0v) is 17.1. The zero-order valence-electron chi connectivity index (χ0n) is 17.1. The van der Waals surface area contributed by atoms with Gasteiger partial charge in [0.2, 0.25) is 6.23 Å². The topological polar surface area (TPSA) is 131 Å². The lowest BCUT2D eigenvalue weighted by molar-refractivity contribution is -0.166. The van der Waals surface area contributed by atoms with Crippen LogP contribution in [0.1, 0.15) is 46.4 Å². The minimum Gasteiger partial charge on any atom is -0.465 e. The average Bonchev–Trinajstić information content (AvgIpc) is 2.56. The first-order chi connectivity index (χ1) is 13.4. The second-order valence-corrected chi connectivity index (χ2v) is 6.89. The summed E-state index contributed by atoms with van der Waals surface area (Å²) in [6, 6.07) is 6.01. The predicted octanol–water partition coefficient (Wildman–Crippen LogP) is 3.14. The van der Waals surface area contributed by atoms with Crippen LogP contribution >= 0.6 is 0 Å². The Morgan fingerprint density at radius 3 is 2.31 bits per heavy atom. The molecule has 0 bridgehead atoms. The van der Waals surface area contributed by atoms with Gasteiger partial charge in [0.25, 0.3) is 0 Å². The first kappa shape index (κ1) is 23.7. The number of para-hydroxylation sites is 1. The van der Waals surface area contributed by atoms with Gasteiger partial charge in [-0.05, 0) is 33.8 Å². The standard InChI is InChI=1S/C19H26N2O8/c1-6-27-18(26)21(11-15(23)29-19(3,4)5)16(28-12(2)22)13-9-7-8-10-14(13)20-17(24)25/h7-10,16,20H,6,11H2,1-5H3,(H,24,25). The molecule has 160 valence electrons.